The molecular formula is C12H13FN4. The van der Waals surface area contributed by atoms with Crippen molar-refractivity contribution >= 4 is 5.82 Å². The molecule has 1 aromatic heterocycles. The Balaban J connectivity index is 2.52. The second-order valence-electron chi connectivity index (χ2n) is 3.76. The normalized spacial score (nSPS) is 10.4. The van der Waals surface area contributed by atoms with Crippen molar-refractivity contribution in [2.45, 2.75) is 13.8 Å². The van der Waals surface area contributed by atoms with Crippen molar-refractivity contribution in [1.82, 2.24) is 9.97 Å². The minimum absolute atomic E-state index is 0.283. The molecule has 0 radical (unpaired) electrons. The van der Waals surface area contributed by atoms with Gasteiger partial charge in [-0.1, -0.05) is 0 Å². The summed E-state index contributed by atoms with van der Waals surface area (Å²) in [6.45, 7) is 3.77. The number of anilines is 1. The van der Waals surface area contributed by atoms with Gasteiger partial charge in [-0.2, -0.15) is 0 Å². The zero-order valence-electron chi connectivity index (χ0n) is 9.66. The van der Waals surface area contributed by atoms with Gasteiger partial charge in [0.15, 0.2) is 5.82 Å². The van der Waals surface area contributed by atoms with E-state index in [1.807, 2.05) is 13.8 Å². The first-order valence-electron chi connectivity index (χ1n) is 5.19. The summed E-state index contributed by atoms with van der Waals surface area (Å²) in [4.78, 5) is 8.63. The number of hydrogen-bond acceptors (Lipinski definition) is 4. The smallest absolute Gasteiger partial charge is 0.161 e. The number of nitrogens with two attached hydrogens (primary N) is 1. The predicted octanol–water partition coefficient (Wildman–Crippen LogP) is 2.19. The van der Waals surface area contributed by atoms with Crippen LogP contribution in [-0.4, -0.2) is 9.97 Å². The van der Waals surface area contributed by atoms with E-state index in [0.29, 0.717) is 11.6 Å². The molecule has 4 nitrogen and oxygen atoms in total. The maximum atomic E-state index is 12.8. The highest BCUT2D eigenvalue weighted by atomic mass is 19.1. The van der Waals surface area contributed by atoms with Gasteiger partial charge < -0.3 is 5.43 Å². The third kappa shape index (κ3) is 2.24. The molecule has 5 heteroatoms. The van der Waals surface area contributed by atoms with Gasteiger partial charge in [0.2, 0.25) is 0 Å². The van der Waals surface area contributed by atoms with E-state index < -0.39 is 0 Å². The van der Waals surface area contributed by atoms with E-state index in [2.05, 4.69) is 15.4 Å². The van der Waals surface area contributed by atoms with Crippen LogP contribution in [0.2, 0.25) is 0 Å². The zero-order chi connectivity index (χ0) is 12.4. The Hall–Kier alpha value is -2.01. The van der Waals surface area contributed by atoms with Crippen LogP contribution in [0.15, 0.2) is 24.3 Å². The number of nitrogen functional groups attached to an aromatic ring is 1. The summed E-state index contributed by atoms with van der Waals surface area (Å²) in [5, 5.41) is 0. The van der Waals surface area contributed by atoms with Gasteiger partial charge in [-0.05, 0) is 38.1 Å². The van der Waals surface area contributed by atoms with Gasteiger partial charge in [-0.25, -0.2) is 20.2 Å². The molecule has 0 fully saturated rings. The lowest BCUT2D eigenvalue weighted by Gasteiger charge is -2.09. The van der Waals surface area contributed by atoms with Gasteiger partial charge in [-0.3, -0.25) is 0 Å². The lowest BCUT2D eigenvalue weighted by molar-refractivity contribution is 0.628. The molecule has 0 aliphatic rings. The summed E-state index contributed by atoms with van der Waals surface area (Å²) in [6, 6.07) is 6.03. The summed E-state index contributed by atoms with van der Waals surface area (Å²) in [6.07, 6.45) is 0. The maximum Gasteiger partial charge on any atom is 0.161 e. The zero-order valence-corrected chi connectivity index (χ0v) is 9.66. The first-order chi connectivity index (χ1) is 8.11. The molecule has 2 rings (SSSR count). The van der Waals surface area contributed by atoms with E-state index in [0.717, 1.165) is 16.8 Å². The Labute approximate surface area is 98.7 Å². The van der Waals surface area contributed by atoms with Crippen LogP contribution in [0.1, 0.15) is 11.3 Å². The third-order valence-electron chi connectivity index (χ3n) is 2.63. The molecule has 0 aliphatic heterocycles. The number of halogens is 1. The lowest BCUT2D eigenvalue weighted by Crippen LogP contribution is -2.12. The predicted molar refractivity (Wildman–Crippen MR) is 64.7 cm³/mol. The largest absolute Gasteiger partial charge is 0.308 e. The highest BCUT2D eigenvalue weighted by molar-refractivity contribution is 5.59. The summed E-state index contributed by atoms with van der Waals surface area (Å²) in [5.41, 5.74) is 5.03. The van der Waals surface area contributed by atoms with Gasteiger partial charge in [0.05, 0.1) is 0 Å². The van der Waals surface area contributed by atoms with E-state index in [-0.39, 0.29) is 5.82 Å². The fourth-order valence-electron chi connectivity index (χ4n) is 1.50. The molecule has 0 bridgehead atoms. The topological polar surface area (TPSA) is 63.8 Å². The van der Waals surface area contributed by atoms with Crippen molar-refractivity contribution in [3.63, 3.8) is 0 Å². The van der Waals surface area contributed by atoms with Crippen LogP contribution in [0.25, 0.3) is 11.4 Å². The van der Waals surface area contributed by atoms with Crippen molar-refractivity contribution in [3.8, 4) is 11.4 Å². The first kappa shape index (κ1) is 11.5. The van der Waals surface area contributed by atoms with Crippen LogP contribution in [0.5, 0.6) is 0 Å². The van der Waals surface area contributed by atoms with Crippen LogP contribution >= 0.6 is 0 Å². The number of aryl methyl sites for hydroxylation is 1. The number of nitrogens with one attached hydrogen (secondary N) is 1. The SMILES string of the molecule is Cc1nc(-c2ccc(F)cc2)nc(NN)c1C. The molecule has 0 amide bonds. The summed E-state index contributed by atoms with van der Waals surface area (Å²) < 4.78 is 12.8. The molecule has 1 heterocycles. The highest BCUT2D eigenvalue weighted by Crippen LogP contribution is 2.21. The Bertz CT molecular complexity index is 537. The molecule has 3 N–H and O–H groups in total. The number of aromatic nitrogens is 2. The molecule has 0 spiro atoms. The summed E-state index contributed by atoms with van der Waals surface area (Å²) in [7, 11) is 0. The van der Waals surface area contributed by atoms with E-state index in [1.165, 1.54) is 12.1 Å². The minimum Gasteiger partial charge on any atom is -0.308 e. The monoisotopic (exact) mass is 232 g/mol. The second kappa shape index (κ2) is 4.47. The van der Waals surface area contributed by atoms with Crippen molar-refractivity contribution in [2.24, 2.45) is 5.84 Å². The van der Waals surface area contributed by atoms with Crippen LogP contribution in [0.3, 0.4) is 0 Å². The van der Waals surface area contributed by atoms with Gasteiger partial charge in [-0.15, -0.1) is 0 Å². The average Bonchev–Trinajstić information content (AvgIpc) is 2.33. The fourth-order valence-corrected chi connectivity index (χ4v) is 1.50. The lowest BCUT2D eigenvalue weighted by atomic mass is 10.2. The van der Waals surface area contributed by atoms with Crippen molar-refractivity contribution in [2.75, 3.05) is 5.43 Å². The first-order valence-corrected chi connectivity index (χ1v) is 5.19. The minimum atomic E-state index is -0.283. The van der Waals surface area contributed by atoms with Gasteiger partial charge in [0.1, 0.15) is 11.6 Å². The standard InChI is InChI=1S/C12H13FN4/c1-7-8(2)15-12(16-11(7)17-14)9-3-5-10(13)6-4-9/h3-6H,14H2,1-2H3,(H,15,16,17). The van der Waals surface area contributed by atoms with Gasteiger partial charge in [0, 0.05) is 16.8 Å². The molecule has 0 saturated carbocycles. The Morgan fingerprint density at radius 2 is 1.76 bits per heavy atom. The van der Waals surface area contributed by atoms with Gasteiger partial charge in [0.25, 0.3) is 0 Å². The van der Waals surface area contributed by atoms with Crippen LogP contribution in [0, 0.1) is 19.7 Å². The van der Waals surface area contributed by atoms with Crippen LogP contribution in [0.4, 0.5) is 10.2 Å². The number of hydrazine groups is 1. The molecular weight excluding hydrogens is 219 g/mol. The quantitative estimate of drug-likeness (QED) is 0.615. The Morgan fingerprint density at radius 3 is 2.35 bits per heavy atom. The van der Waals surface area contributed by atoms with Gasteiger partial charge >= 0.3 is 0 Å². The molecule has 88 valence electrons. The number of hydrogen-bond donors (Lipinski definition) is 2. The molecule has 17 heavy (non-hydrogen) atoms. The number of nitrogens with zero attached hydrogens (tertiary/aromatic N) is 2. The summed E-state index contributed by atoms with van der Waals surface area (Å²) in [5.74, 6) is 6.22. The fraction of sp³-hybridized carbons (Fsp3) is 0.167. The second-order valence-corrected chi connectivity index (χ2v) is 3.76. The van der Waals surface area contributed by atoms with E-state index in [1.54, 1.807) is 12.1 Å². The Kier molecular flexibility index (Phi) is 3.01. The van der Waals surface area contributed by atoms with Crippen molar-refractivity contribution in [1.29, 1.82) is 0 Å². The average molecular weight is 232 g/mol. The molecule has 0 saturated heterocycles. The van der Waals surface area contributed by atoms with E-state index in [9.17, 15) is 4.39 Å². The van der Waals surface area contributed by atoms with Crippen LogP contribution in [-0.2, 0) is 0 Å². The van der Waals surface area contributed by atoms with E-state index >= 15 is 0 Å². The van der Waals surface area contributed by atoms with Crippen molar-refractivity contribution in [3.05, 3.63) is 41.3 Å². The highest BCUT2D eigenvalue weighted by Gasteiger charge is 2.08. The van der Waals surface area contributed by atoms with Crippen molar-refractivity contribution < 1.29 is 4.39 Å². The third-order valence-corrected chi connectivity index (χ3v) is 2.63. The molecule has 0 atom stereocenters. The summed E-state index contributed by atoms with van der Waals surface area (Å²) >= 11 is 0. The molecule has 1 aromatic carbocycles. The van der Waals surface area contributed by atoms with Crippen LogP contribution < -0.4 is 11.3 Å². The molecule has 0 aliphatic carbocycles. The molecule has 0 unspecified atom stereocenters. The van der Waals surface area contributed by atoms with E-state index in [4.69, 9.17) is 5.84 Å². The molecule has 2 aromatic rings. The number of benzene rings is 1. The maximum absolute atomic E-state index is 12.8. The number of rotatable bonds is 2. The Morgan fingerprint density at radius 1 is 1.12 bits per heavy atom.